The summed E-state index contributed by atoms with van der Waals surface area (Å²) in [5, 5.41) is 0.447. The van der Waals surface area contributed by atoms with Gasteiger partial charge in [0.15, 0.2) is 0 Å². The van der Waals surface area contributed by atoms with Crippen LogP contribution in [0.1, 0.15) is 19.8 Å². The van der Waals surface area contributed by atoms with E-state index in [0.717, 1.165) is 19.4 Å². The summed E-state index contributed by atoms with van der Waals surface area (Å²) >= 11 is 5.87. The van der Waals surface area contributed by atoms with Gasteiger partial charge in [0.2, 0.25) is 0 Å². The van der Waals surface area contributed by atoms with Gasteiger partial charge in [0, 0.05) is 11.5 Å². The van der Waals surface area contributed by atoms with Gasteiger partial charge in [-0.15, -0.1) is 0 Å². The van der Waals surface area contributed by atoms with Gasteiger partial charge in [0.25, 0.3) is 0 Å². The summed E-state index contributed by atoms with van der Waals surface area (Å²) in [5.74, 6) is 0.490. The van der Waals surface area contributed by atoms with Crippen molar-refractivity contribution < 1.29 is 8.95 Å². The molecule has 0 aliphatic carbocycles. The normalized spacial score (nSPS) is 12.6. The highest BCUT2D eigenvalue weighted by molar-refractivity contribution is 7.85. The summed E-state index contributed by atoms with van der Waals surface area (Å²) in [6.45, 7) is 3.35. The average Bonchev–Trinajstić information content (AvgIpc) is 2.32. The van der Waals surface area contributed by atoms with Crippen molar-refractivity contribution in [2.24, 2.45) is 0 Å². The lowest BCUT2D eigenvalue weighted by Gasteiger charge is -2.05. The Morgan fingerprint density at radius 2 is 2.18 bits per heavy atom. The predicted octanol–water partition coefficient (Wildman–Crippen LogP) is 2.85. The van der Waals surface area contributed by atoms with Gasteiger partial charge < -0.3 is 10.5 Å². The second kappa shape index (κ2) is 7.69. The van der Waals surface area contributed by atoms with E-state index in [0.29, 0.717) is 28.0 Å². The van der Waals surface area contributed by atoms with E-state index in [-0.39, 0.29) is 0 Å². The van der Waals surface area contributed by atoms with Gasteiger partial charge >= 0.3 is 0 Å². The van der Waals surface area contributed by atoms with Gasteiger partial charge in [-0.3, -0.25) is 4.21 Å². The molecule has 0 radical (unpaired) electrons. The molecule has 17 heavy (non-hydrogen) atoms. The molecule has 0 saturated carbocycles. The number of nitrogens with two attached hydrogens (primary N) is 1. The maximum Gasteiger partial charge on any atom is 0.0647 e. The Morgan fingerprint density at radius 3 is 2.82 bits per heavy atom. The molecule has 0 aliphatic heterocycles. The third-order valence-corrected chi connectivity index (χ3v) is 3.93. The van der Waals surface area contributed by atoms with Crippen LogP contribution in [0.2, 0.25) is 5.02 Å². The molecule has 0 spiro atoms. The Bertz CT molecular complexity index is 385. The zero-order valence-corrected chi connectivity index (χ0v) is 11.5. The molecular weight excluding hydrogens is 258 g/mol. The lowest BCUT2D eigenvalue weighted by atomic mass is 10.3. The van der Waals surface area contributed by atoms with E-state index in [1.807, 2.05) is 0 Å². The summed E-state index contributed by atoms with van der Waals surface area (Å²) in [7, 11) is -1.07. The molecule has 0 amide bonds. The van der Waals surface area contributed by atoms with E-state index in [2.05, 4.69) is 6.92 Å². The molecule has 1 aromatic rings. The molecule has 5 heteroatoms. The van der Waals surface area contributed by atoms with Crippen molar-refractivity contribution in [3.05, 3.63) is 23.2 Å². The van der Waals surface area contributed by atoms with Gasteiger partial charge in [-0.2, -0.15) is 0 Å². The molecule has 1 rings (SSSR count). The minimum atomic E-state index is -1.07. The molecule has 1 aromatic carbocycles. The van der Waals surface area contributed by atoms with Gasteiger partial charge in [-0.05, 0) is 24.6 Å². The number of hydrogen-bond acceptors (Lipinski definition) is 3. The second-order valence-electron chi connectivity index (χ2n) is 3.70. The number of benzene rings is 1. The zero-order chi connectivity index (χ0) is 12.7. The molecule has 0 heterocycles. The zero-order valence-electron chi connectivity index (χ0n) is 9.95. The maximum absolute atomic E-state index is 11.9. The smallest absolute Gasteiger partial charge is 0.0647 e. The minimum absolute atomic E-state index is 0.447. The van der Waals surface area contributed by atoms with E-state index in [1.54, 1.807) is 18.2 Å². The summed E-state index contributed by atoms with van der Waals surface area (Å²) in [6.07, 6.45) is 2.15. The Hall–Kier alpha value is -0.580. The first-order chi connectivity index (χ1) is 8.15. The van der Waals surface area contributed by atoms with Crippen molar-refractivity contribution >= 4 is 28.1 Å². The standard InChI is InChI=1S/C12H18ClNO2S/c1-2-3-6-16-7-8-17(15)10-4-5-12(14)11(13)9-10/h4-5,9H,2-3,6-8,14H2,1H3. The fraction of sp³-hybridized carbons (Fsp3) is 0.500. The maximum atomic E-state index is 11.9. The molecule has 2 N–H and O–H groups in total. The van der Waals surface area contributed by atoms with Crippen LogP contribution >= 0.6 is 11.6 Å². The fourth-order valence-electron chi connectivity index (χ4n) is 1.25. The number of hydrogen-bond donors (Lipinski definition) is 1. The van der Waals surface area contributed by atoms with E-state index >= 15 is 0 Å². The average molecular weight is 276 g/mol. The minimum Gasteiger partial charge on any atom is -0.398 e. The first-order valence-electron chi connectivity index (χ1n) is 5.66. The Kier molecular flexibility index (Phi) is 6.55. The van der Waals surface area contributed by atoms with Crippen molar-refractivity contribution in [3.63, 3.8) is 0 Å². The number of anilines is 1. The third-order valence-electron chi connectivity index (χ3n) is 2.29. The lowest BCUT2D eigenvalue weighted by Crippen LogP contribution is -2.07. The fourth-order valence-corrected chi connectivity index (χ4v) is 2.47. The van der Waals surface area contributed by atoms with Crippen molar-refractivity contribution in [3.8, 4) is 0 Å². The molecule has 1 atom stereocenters. The van der Waals surface area contributed by atoms with Crippen LogP contribution in [-0.4, -0.2) is 23.2 Å². The Labute approximate surface area is 110 Å². The van der Waals surface area contributed by atoms with Gasteiger partial charge in [0.05, 0.1) is 33.9 Å². The summed E-state index contributed by atoms with van der Waals surface area (Å²) in [4.78, 5) is 0.697. The van der Waals surface area contributed by atoms with Crippen LogP contribution in [0.15, 0.2) is 23.1 Å². The van der Waals surface area contributed by atoms with E-state index in [1.165, 1.54) is 0 Å². The number of unbranched alkanes of at least 4 members (excludes halogenated alkanes) is 1. The quantitative estimate of drug-likeness (QED) is 0.615. The summed E-state index contributed by atoms with van der Waals surface area (Å²) < 4.78 is 17.2. The predicted molar refractivity (Wildman–Crippen MR) is 72.9 cm³/mol. The van der Waals surface area contributed by atoms with Gasteiger partial charge in [-0.25, -0.2) is 0 Å². The third kappa shape index (κ3) is 5.06. The summed E-state index contributed by atoms with van der Waals surface area (Å²) in [6, 6.07) is 5.07. The molecular formula is C12H18ClNO2S. The molecule has 0 aliphatic rings. The molecule has 0 aromatic heterocycles. The van der Waals surface area contributed by atoms with Crippen LogP contribution in [0.5, 0.6) is 0 Å². The lowest BCUT2D eigenvalue weighted by molar-refractivity contribution is 0.146. The van der Waals surface area contributed by atoms with Crippen molar-refractivity contribution in [1.29, 1.82) is 0 Å². The Morgan fingerprint density at radius 1 is 1.41 bits per heavy atom. The van der Waals surface area contributed by atoms with E-state index in [4.69, 9.17) is 22.1 Å². The number of halogens is 1. The number of nitrogen functional groups attached to an aromatic ring is 1. The van der Waals surface area contributed by atoms with Crippen LogP contribution in [0, 0.1) is 0 Å². The van der Waals surface area contributed by atoms with Crippen LogP contribution in [-0.2, 0) is 15.5 Å². The SMILES string of the molecule is CCCCOCCS(=O)c1ccc(N)c(Cl)c1. The van der Waals surface area contributed by atoms with Crippen LogP contribution < -0.4 is 5.73 Å². The van der Waals surface area contributed by atoms with Crippen molar-refractivity contribution in [1.82, 2.24) is 0 Å². The Balaban J connectivity index is 2.39. The van der Waals surface area contributed by atoms with Crippen LogP contribution in [0.3, 0.4) is 0 Å². The molecule has 0 saturated heterocycles. The van der Waals surface area contributed by atoms with Crippen molar-refractivity contribution in [2.75, 3.05) is 24.7 Å². The molecule has 3 nitrogen and oxygen atoms in total. The first kappa shape index (κ1) is 14.5. The second-order valence-corrected chi connectivity index (χ2v) is 5.68. The van der Waals surface area contributed by atoms with E-state index < -0.39 is 10.8 Å². The largest absolute Gasteiger partial charge is 0.398 e. The molecule has 0 bridgehead atoms. The monoisotopic (exact) mass is 275 g/mol. The highest BCUT2D eigenvalue weighted by atomic mass is 35.5. The van der Waals surface area contributed by atoms with E-state index in [9.17, 15) is 4.21 Å². The topological polar surface area (TPSA) is 52.3 Å². The highest BCUT2D eigenvalue weighted by Gasteiger charge is 2.06. The number of ether oxygens (including phenoxy) is 1. The molecule has 96 valence electrons. The first-order valence-corrected chi connectivity index (χ1v) is 7.36. The van der Waals surface area contributed by atoms with Crippen LogP contribution in [0.25, 0.3) is 0 Å². The molecule has 0 fully saturated rings. The van der Waals surface area contributed by atoms with Crippen LogP contribution in [0.4, 0.5) is 5.69 Å². The number of rotatable bonds is 7. The highest BCUT2D eigenvalue weighted by Crippen LogP contribution is 2.21. The molecule has 1 unspecified atom stereocenters. The van der Waals surface area contributed by atoms with Crippen molar-refractivity contribution in [2.45, 2.75) is 24.7 Å². The van der Waals surface area contributed by atoms with Gasteiger partial charge in [-0.1, -0.05) is 24.9 Å². The van der Waals surface area contributed by atoms with Gasteiger partial charge in [0.1, 0.15) is 0 Å². The summed E-state index contributed by atoms with van der Waals surface area (Å²) in [5.41, 5.74) is 6.09.